The van der Waals surface area contributed by atoms with Gasteiger partial charge in [0.15, 0.2) is 5.16 Å². The molecule has 0 saturated heterocycles. The first-order valence-electron chi connectivity index (χ1n) is 6.27. The van der Waals surface area contributed by atoms with Crippen molar-refractivity contribution in [3.05, 3.63) is 56.9 Å². The molecule has 0 saturated carbocycles. The average molecular weight is 368 g/mol. The summed E-state index contributed by atoms with van der Waals surface area (Å²) in [6, 6.07) is 9.04. The van der Waals surface area contributed by atoms with Crippen LogP contribution >= 0.6 is 27.7 Å². The van der Waals surface area contributed by atoms with Crippen LogP contribution in [0.1, 0.15) is 18.5 Å². The summed E-state index contributed by atoms with van der Waals surface area (Å²) in [7, 11) is 0. The summed E-state index contributed by atoms with van der Waals surface area (Å²) in [4.78, 5) is 29.5. The Balaban J connectivity index is 1.86. The Kier molecular flexibility index (Phi) is 5.58. The van der Waals surface area contributed by atoms with E-state index in [0.717, 1.165) is 10.0 Å². The van der Waals surface area contributed by atoms with Crippen LogP contribution in [-0.4, -0.2) is 21.6 Å². The maximum absolute atomic E-state index is 11.9. The van der Waals surface area contributed by atoms with E-state index in [1.165, 1.54) is 24.0 Å². The molecule has 0 aliphatic carbocycles. The largest absolute Gasteiger partial charge is 0.349 e. The molecule has 0 aliphatic rings. The van der Waals surface area contributed by atoms with Crippen LogP contribution < -0.4 is 10.9 Å². The lowest BCUT2D eigenvalue weighted by atomic mass is 10.1. The molecule has 2 N–H and O–H groups in total. The second kappa shape index (κ2) is 7.42. The Labute approximate surface area is 134 Å². The number of hydrogen-bond acceptors (Lipinski definition) is 4. The number of hydrogen-bond donors (Lipinski definition) is 2. The summed E-state index contributed by atoms with van der Waals surface area (Å²) in [6.07, 6.45) is 1.42. The predicted octanol–water partition coefficient (Wildman–Crippen LogP) is 2.50. The number of benzene rings is 1. The Bertz CT molecular complexity index is 672. The molecule has 0 fully saturated rings. The molecule has 1 heterocycles. The van der Waals surface area contributed by atoms with E-state index in [4.69, 9.17) is 0 Å². The van der Waals surface area contributed by atoms with E-state index < -0.39 is 0 Å². The molecule has 2 rings (SSSR count). The summed E-state index contributed by atoms with van der Waals surface area (Å²) in [5.74, 6) is 0.0929. The van der Waals surface area contributed by atoms with E-state index in [0.29, 0.717) is 5.16 Å². The molecule has 2 aromatic rings. The molecule has 7 heteroatoms. The number of amides is 1. The highest BCUT2D eigenvalue weighted by atomic mass is 79.9. The Morgan fingerprint density at radius 2 is 2.10 bits per heavy atom. The van der Waals surface area contributed by atoms with Crippen LogP contribution in [-0.2, 0) is 4.79 Å². The van der Waals surface area contributed by atoms with Crippen LogP contribution in [0.4, 0.5) is 0 Å². The number of carbonyl (C=O) groups is 1. The van der Waals surface area contributed by atoms with Gasteiger partial charge in [-0.1, -0.05) is 39.8 Å². The van der Waals surface area contributed by atoms with Gasteiger partial charge < -0.3 is 10.3 Å². The molecule has 5 nitrogen and oxygen atoms in total. The van der Waals surface area contributed by atoms with Gasteiger partial charge in [-0.15, -0.1) is 0 Å². The van der Waals surface area contributed by atoms with E-state index in [1.807, 2.05) is 31.2 Å². The monoisotopic (exact) mass is 367 g/mol. The number of H-pyrrole nitrogens is 1. The van der Waals surface area contributed by atoms with Crippen LogP contribution in [0.25, 0.3) is 0 Å². The van der Waals surface area contributed by atoms with Gasteiger partial charge in [-0.05, 0) is 24.6 Å². The number of nitrogens with zero attached hydrogens (tertiary/aromatic N) is 1. The molecule has 21 heavy (non-hydrogen) atoms. The zero-order valence-corrected chi connectivity index (χ0v) is 13.7. The number of thioether (sulfide) groups is 1. The lowest BCUT2D eigenvalue weighted by Gasteiger charge is -2.14. The first kappa shape index (κ1) is 15.8. The van der Waals surface area contributed by atoms with Gasteiger partial charge in [0.2, 0.25) is 5.91 Å². The fourth-order valence-electron chi connectivity index (χ4n) is 1.68. The highest BCUT2D eigenvalue weighted by molar-refractivity contribution is 9.10. The molecular weight excluding hydrogens is 354 g/mol. The SMILES string of the molecule is C[C@H](NC(=O)CSc1nccc(=O)[nH]1)c1ccc(Br)cc1. The lowest BCUT2D eigenvalue weighted by molar-refractivity contribution is -0.119. The topological polar surface area (TPSA) is 74.8 Å². The number of carbonyl (C=O) groups excluding carboxylic acids is 1. The van der Waals surface area contributed by atoms with E-state index in [9.17, 15) is 9.59 Å². The molecule has 0 aliphatic heterocycles. The van der Waals surface area contributed by atoms with Crippen LogP contribution in [0.2, 0.25) is 0 Å². The number of rotatable bonds is 5. The summed E-state index contributed by atoms with van der Waals surface area (Å²) in [5.41, 5.74) is 0.805. The summed E-state index contributed by atoms with van der Waals surface area (Å²) in [6.45, 7) is 1.93. The summed E-state index contributed by atoms with van der Waals surface area (Å²) in [5, 5.41) is 3.34. The van der Waals surface area contributed by atoms with E-state index in [1.54, 1.807) is 0 Å². The third-order valence-electron chi connectivity index (χ3n) is 2.74. The molecule has 1 atom stereocenters. The Morgan fingerprint density at radius 3 is 2.76 bits per heavy atom. The maximum atomic E-state index is 11.9. The third-order valence-corrected chi connectivity index (χ3v) is 4.15. The quantitative estimate of drug-likeness (QED) is 0.628. The second-order valence-electron chi connectivity index (χ2n) is 4.37. The van der Waals surface area contributed by atoms with Crippen LogP contribution in [0.15, 0.2) is 51.0 Å². The second-order valence-corrected chi connectivity index (χ2v) is 6.25. The third kappa shape index (κ3) is 5.02. The van der Waals surface area contributed by atoms with E-state index in [2.05, 4.69) is 31.2 Å². The fourth-order valence-corrected chi connectivity index (χ4v) is 2.60. The zero-order valence-electron chi connectivity index (χ0n) is 11.3. The van der Waals surface area contributed by atoms with Gasteiger partial charge in [-0.3, -0.25) is 9.59 Å². The van der Waals surface area contributed by atoms with Crippen molar-refractivity contribution in [2.45, 2.75) is 18.1 Å². The Hall–Kier alpha value is -1.60. The number of nitrogens with one attached hydrogen (secondary N) is 2. The maximum Gasteiger partial charge on any atom is 0.251 e. The van der Waals surface area contributed by atoms with Crippen LogP contribution in [0.3, 0.4) is 0 Å². The van der Waals surface area contributed by atoms with Gasteiger partial charge in [-0.2, -0.15) is 0 Å². The van der Waals surface area contributed by atoms with Crippen molar-refractivity contribution in [2.75, 3.05) is 5.75 Å². The standard InChI is InChI=1S/C14H14BrN3O2S/c1-9(10-2-4-11(15)5-3-10)17-13(20)8-21-14-16-7-6-12(19)18-14/h2-7,9H,8H2,1H3,(H,17,20)(H,16,18,19)/t9-/m0/s1. The first-order valence-corrected chi connectivity index (χ1v) is 8.05. The average Bonchev–Trinajstić information content (AvgIpc) is 2.46. The van der Waals surface area contributed by atoms with Crippen molar-refractivity contribution in [2.24, 2.45) is 0 Å². The number of aromatic amines is 1. The Morgan fingerprint density at radius 1 is 1.38 bits per heavy atom. The van der Waals surface area contributed by atoms with Crippen molar-refractivity contribution in [3.8, 4) is 0 Å². The molecule has 1 aromatic carbocycles. The molecule has 1 aromatic heterocycles. The zero-order chi connectivity index (χ0) is 15.2. The molecule has 0 unspecified atom stereocenters. The van der Waals surface area contributed by atoms with Gasteiger partial charge in [0.05, 0.1) is 11.8 Å². The van der Waals surface area contributed by atoms with E-state index in [-0.39, 0.29) is 23.3 Å². The minimum Gasteiger partial charge on any atom is -0.349 e. The van der Waals surface area contributed by atoms with Gasteiger partial charge in [0.25, 0.3) is 5.56 Å². The van der Waals surface area contributed by atoms with Gasteiger partial charge in [-0.25, -0.2) is 4.98 Å². The molecule has 0 spiro atoms. The highest BCUT2D eigenvalue weighted by Gasteiger charge is 2.10. The smallest absolute Gasteiger partial charge is 0.251 e. The van der Waals surface area contributed by atoms with Gasteiger partial charge in [0.1, 0.15) is 0 Å². The van der Waals surface area contributed by atoms with Crippen molar-refractivity contribution in [3.63, 3.8) is 0 Å². The van der Waals surface area contributed by atoms with Gasteiger partial charge in [0, 0.05) is 16.7 Å². The minimum atomic E-state index is -0.226. The van der Waals surface area contributed by atoms with Crippen LogP contribution in [0, 0.1) is 0 Å². The molecule has 110 valence electrons. The van der Waals surface area contributed by atoms with Crippen molar-refractivity contribution < 1.29 is 4.79 Å². The molecule has 0 radical (unpaired) electrons. The lowest BCUT2D eigenvalue weighted by Crippen LogP contribution is -2.28. The number of aromatic nitrogens is 2. The first-order chi connectivity index (χ1) is 10.0. The predicted molar refractivity (Wildman–Crippen MR) is 86.3 cm³/mol. The molecular formula is C14H14BrN3O2S. The van der Waals surface area contributed by atoms with Crippen LogP contribution in [0.5, 0.6) is 0 Å². The van der Waals surface area contributed by atoms with Crippen molar-refractivity contribution in [1.29, 1.82) is 0 Å². The van der Waals surface area contributed by atoms with Gasteiger partial charge >= 0.3 is 0 Å². The summed E-state index contributed by atoms with van der Waals surface area (Å²) < 4.78 is 0.999. The fraction of sp³-hybridized carbons (Fsp3) is 0.214. The van der Waals surface area contributed by atoms with Crippen molar-refractivity contribution in [1.82, 2.24) is 15.3 Å². The highest BCUT2D eigenvalue weighted by Crippen LogP contribution is 2.17. The number of halogens is 1. The minimum absolute atomic E-state index is 0.0750. The van der Waals surface area contributed by atoms with E-state index >= 15 is 0 Å². The molecule has 0 bridgehead atoms. The molecule has 1 amide bonds. The van der Waals surface area contributed by atoms with Crippen molar-refractivity contribution >= 4 is 33.6 Å². The summed E-state index contributed by atoms with van der Waals surface area (Å²) >= 11 is 4.57. The normalized spacial score (nSPS) is 11.9.